The van der Waals surface area contributed by atoms with Gasteiger partial charge in [-0.15, -0.1) is 0 Å². The Kier molecular flexibility index (Phi) is 6.49. The van der Waals surface area contributed by atoms with Crippen molar-refractivity contribution in [1.82, 2.24) is 14.9 Å². The van der Waals surface area contributed by atoms with Crippen molar-refractivity contribution in [3.8, 4) is 0 Å². The summed E-state index contributed by atoms with van der Waals surface area (Å²) in [6, 6.07) is 9.71. The molecule has 1 aliphatic carbocycles. The largest absolute Gasteiger partial charge is 0.347 e. The molecule has 2 aromatic rings. The van der Waals surface area contributed by atoms with E-state index >= 15 is 0 Å². The molecule has 1 atom stereocenters. The van der Waals surface area contributed by atoms with Crippen LogP contribution >= 0.6 is 0 Å². The predicted molar refractivity (Wildman–Crippen MR) is 109 cm³/mol. The lowest BCUT2D eigenvalue weighted by Gasteiger charge is -2.25. The predicted octanol–water partition coefficient (Wildman–Crippen LogP) is 3.10. The molecule has 0 unspecified atom stereocenters. The van der Waals surface area contributed by atoms with E-state index in [1.165, 1.54) is 54.5 Å². The molecule has 0 saturated heterocycles. The van der Waals surface area contributed by atoms with Crippen LogP contribution in [0.2, 0.25) is 0 Å². The zero-order valence-corrected chi connectivity index (χ0v) is 16.6. The molecule has 1 aromatic heterocycles. The van der Waals surface area contributed by atoms with Gasteiger partial charge in [0, 0.05) is 12.3 Å². The minimum atomic E-state index is -0.583. The van der Waals surface area contributed by atoms with Gasteiger partial charge in [0.25, 0.3) is 5.56 Å². The number of H-pyrrole nitrogens is 1. The summed E-state index contributed by atoms with van der Waals surface area (Å²) in [7, 11) is 0. The van der Waals surface area contributed by atoms with Crippen molar-refractivity contribution < 1.29 is 4.79 Å². The van der Waals surface area contributed by atoms with Crippen LogP contribution in [0.3, 0.4) is 0 Å². The molecule has 0 aliphatic heterocycles. The Morgan fingerprint density at radius 1 is 1.11 bits per heavy atom. The third-order valence-corrected chi connectivity index (χ3v) is 5.57. The van der Waals surface area contributed by atoms with Gasteiger partial charge >= 0.3 is 5.69 Å². The highest BCUT2D eigenvalue weighted by Crippen LogP contribution is 2.33. The number of hydrogen-bond donors (Lipinski definition) is 2. The highest BCUT2D eigenvalue weighted by atomic mass is 16.2. The average Bonchev–Trinajstić information content (AvgIpc) is 2.69. The molecule has 28 heavy (non-hydrogen) atoms. The van der Waals surface area contributed by atoms with Crippen molar-refractivity contribution >= 4 is 5.91 Å². The summed E-state index contributed by atoms with van der Waals surface area (Å²) in [5.41, 5.74) is 1.40. The van der Waals surface area contributed by atoms with Crippen LogP contribution in [0.15, 0.2) is 46.1 Å². The smallest absolute Gasteiger partial charge is 0.328 e. The van der Waals surface area contributed by atoms with E-state index in [0.29, 0.717) is 5.92 Å². The number of nitrogens with zero attached hydrogens (tertiary/aromatic N) is 1. The molecule has 1 amide bonds. The average molecular weight is 383 g/mol. The van der Waals surface area contributed by atoms with Crippen LogP contribution in [0.5, 0.6) is 0 Å². The lowest BCUT2D eigenvalue weighted by atomic mass is 9.83. The number of carbonyl (C=O) groups excluding carboxylic acids is 1. The summed E-state index contributed by atoms with van der Waals surface area (Å²) >= 11 is 0. The summed E-state index contributed by atoms with van der Waals surface area (Å²) in [6.07, 6.45) is 7.82. The number of aromatic nitrogens is 2. The van der Waals surface area contributed by atoms with E-state index in [9.17, 15) is 14.4 Å². The second kappa shape index (κ2) is 9.04. The number of hydrogen-bond acceptors (Lipinski definition) is 3. The van der Waals surface area contributed by atoms with E-state index in [4.69, 9.17) is 0 Å². The second-order valence-corrected chi connectivity index (χ2v) is 8.03. The molecule has 6 nitrogen and oxygen atoms in total. The van der Waals surface area contributed by atoms with E-state index in [1.807, 2.05) is 0 Å². The molecule has 0 radical (unpaired) electrons. The standard InChI is InChI=1S/C22H29N3O3/c1-15(2)21(23-20(27)14-25-13-12-19(26)24-22(25)28)18-10-8-17(9-11-18)16-6-4-3-5-7-16/h8-13,15-16,21H,3-7,14H2,1-2H3,(H,23,27)(H,24,26,28)/t21-/m1/s1. The van der Waals surface area contributed by atoms with Gasteiger partial charge in [0.2, 0.25) is 5.91 Å². The van der Waals surface area contributed by atoms with E-state index in [-0.39, 0.29) is 24.4 Å². The third kappa shape index (κ3) is 5.00. The van der Waals surface area contributed by atoms with Gasteiger partial charge < -0.3 is 5.32 Å². The van der Waals surface area contributed by atoms with E-state index in [0.717, 1.165) is 5.56 Å². The first-order valence-corrected chi connectivity index (χ1v) is 10.1. The maximum atomic E-state index is 12.5. The van der Waals surface area contributed by atoms with Crippen LogP contribution in [0.25, 0.3) is 0 Å². The number of aromatic amines is 1. The van der Waals surface area contributed by atoms with Gasteiger partial charge in [-0.25, -0.2) is 4.79 Å². The zero-order chi connectivity index (χ0) is 20.1. The Balaban J connectivity index is 1.69. The Bertz CT molecular complexity index is 906. The van der Waals surface area contributed by atoms with Crippen LogP contribution in [0.1, 0.15) is 69.0 Å². The van der Waals surface area contributed by atoms with Gasteiger partial charge in [0.05, 0.1) is 6.04 Å². The minimum Gasteiger partial charge on any atom is -0.347 e. The van der Waals surface area contributed by atoms with Gasteiger partial charge in [-0.05, 0) is 35.8 Å². The van der Waals surface area contributed by atoms with Crippen LogP contribution in [0.4, 0.5) is 0 Å². The van der Waals surface area contributed by atoms with Crippen LogP contribution in [-0.2, 0) is 11.3 Å². The monoisotopic (exact) mass is 383 g/mol. The van der Waals surface area contributed by atoms with Crippen molar-refractivity contribution in [3.05, 3.63) is 68.5 Å². The molecule has 0 bridgehead atoms. The molecule has 6 heteroatoms. The molecule has 1 fully saturated rings. The molecular formula is C22H29N3O3. The minimum absolute atomic E-state index is 0.126. The summed E-state index contributed by atoms with van der Waals surface area (Å²) in [6.45, 7) is 4.00. The molecular weight excluding hydrogens is 354 g/mol. The molecule has 1 aromatic carbocycles. The molecule has 1 heterocycles. The van der Waals surface area contributed by atoms with Crippen molar-refractivity contribution in [2.75, 3.05) is 0 Å². The Morgan fingerprint density at radius 3 is 2.39 bits per heavy atom. The Morgan fingerprint density at radius 2 is 1.79 bits per heavy atom. The zero-order valence-electron chi connectivity index (χ0n) is 16.6. The molecule has 0 spiro atoms. The summed E-state index contributed by atoms with van der Waals surface area (Å²) in [5.74, 6) is 0.600. The van der Waals surface area contributed by atoms with E-state index in [2.05, 4.69) is 48.4 Å². The normalized spacial score (nSPS) is 16.1. The van der Waals surface area contributed by atoms with Gasteiger partial charge in [-0.1, -0.05) is 57.4 Å². The highest BCUT2D eigenvalue weighted by molar-refractivity contribution is 5.76. The quantitative estimate of drug-likeness (QED) is 0.804. The Labute approximate surface area is 165 Å². The molecule has 1 aliphatic rings. The van der Waals surface area contributed by atoms with Crippen molar-refractivity contribution in [2.24, 2.45) is 5.92 Å². The van der Waals surface area contributed by atoms with Crippen LogP contribution < -0.4 is 16.6 Å². The van der Waals surface area contributed by atoms with Crippen molar-refractivity contribution in [3.63, 3.8) is 0 Å². The third-order valence-electron chi connectivity index (χ3n) is 5.57. The molecule has 3 rings (SSSR count). The Hall–Kier alpha value is -2.63. The van der Waals surface area contributed by atoms with Crippen LogP contribution in [0, 0.1) is 5.92 Å². The first kappa shape index (κ1) is 20.1. The SMILES string of the molecule is CC(C)[C@@H](NC(=O)Cn1ccc(=O)[nH]c1=O)c1ccc(C2CCCCC2)cc1. The topological polar surface area (TPSA) is 84.0 Å². The first-order valence-electron chi connectivity index (χ1n) is 10.1. The fraction of sp³-hybridized carbons (Fsp3) is 0.500. The lowest BCUT2D eigenvalue weighted by Crippen LogP contribution is -2.38. The maximum Gasteiger partial charge on any atom is 0.328 e. The number of benzene rings is 1. The fourth-order valence-electron chi connectivity index (χ4n) is 3.99. The summed E-state index contributed by atoms with van der Waals surface area (Å²) < 4.78 is 1.19. The van der Waals surface area contributed by atoms with Crippen LogP contribution in [-0.4, -0.2) is 15.5 Å². The second-order valence-electron chi connectivity index (χ2n) is 8.03. The van der Waals surface area contributed by atoms with Gasteiger partial charge in [0.1, 0.15) is 6.54 Å². The molecule has 2 N–H and O–H groups in total. The van der Waals surface area contributed by atoms with Gasteiger partial charge in [0.15, 0.2) is 0 Å². The van der Waals surface area contributed by atoms with E-state index in [1.54, 1.807) is 0 Å². The summed E-state index contributed by atoms with van der Waals surface area (Å²) in [4.78, 5) is 37.6. The van der Waals surface area contributed by atoms with Gasteiger partial charge in [-0.3, -0.25) is 19.1 Å². The number of amides is 1. The fourth-order valence-corrected chi connectivity index (χ4v) is 3.99. The molecule has 1 saturated carbocycles. The highest BCUT2D eigenvalue weighted by Gasteiger charge is 2.20. The number of nitrogens with one attached hydrogen (secondary N) is 2. The molecule has 150 valence electrons. The van der Waals surface area contributed by atoms with Crippen molar-refractivity contribution in [1.29, 1.82) is 0 Å². The summed E-state index contributed by atoms with van der Waals surface area (Å²) in [5, 5.41) is 3.03. The van der Waals surface area contributed by atoms with Gasteiger partial charge in [-0.2, -0.15) is 0 Å². The van der Waals surface area contributed by atoms with E-state index < -0.39 is 11.2 Å². The maximum absolute atomic E-state index is 12.5. The van der Waals surface area contributed by atoms with Crippen molar-refractivity contribution in [2.45, 2.75) is 64.5 Å². The number of carbonyl (C=O) groups is 1. The first-order chi connectivity index (χ1) is 13.4. The lowest BCUT2D eigenvalue weighted by molar-refractivity contribution is -0.122. The number of rotatable bonds is 6.